The minimum atomic E-state index is -0.0903. The molecule has 2 atom stereocenters. The lowest BCUT2D eigenvalue weighted by atomic mass is 10.1. The summed E-state index contributed by atoms with van der Waals surface area (Å²) in [5.74, 6) is 0.103. The van der Waals surface area contributed by atoms with Crippen molar-refractivity contribution in [2.75, 3.05) is 6.54 Å². The van der Waals surface area contributed by atoms with Crippen molar-refractivity contribution in [3.63, 3.8) is 0 Å². The van der Waals surface area contributed by atoms with E-state index in [1.165, 1.54) is 5.56 Å². The number of rotatable bonds is 7. The SMILES string of the molecule is CCCC1CC(C(=O)NCCCc2ccncc2)NN1. The third kappa shape index (κ3) is 4.58. The van der Waals surface area contributed by atoms with E-state index in [1.807, 2.05) is 12.1 Å². The zero-order valence-electron chi connectivity index (χ0n) is 12.1. The maximum Gasteiger partial charge on any atom is 0.238 e. The van der Waals surface area contributed by atoms with Crippen molar-refractivity contribution in [3.8, 4) is 0 Å². The first-order valence-electron chi connectivity index (χ1n) is 7.47. The molecule has 2 unspecified atom stereocenters. The fraction of sp³-hybridized carbons (Fsp3) is 0.600. The fourth-order valence-corrected chi connectivity index (χ4v) is 2.51. The largest absolute Gasteiger partial charge is 0.355 e. The average Bonchev–Trinajstić information content (AvgIpc) is 2.94. The third-order valence-electron chi connectivity index (χ3n) is 3.63. The summed E-state index contributed by atoms with van der Waals surface area (Å²) in [6.07, 6.45) is 8.65. The quantitative estimate of drug-likeness (QED) is 0.654. The molecule has 2 heterocycles. The Bertz CT molecular complexity index is 410. The van der Waals surface area contributed by atoms with Gasteiger partial charge in [0.05, 0.1) is 0 Å². The highest BCUT2D eigenvalue weighted by Crippen LogP contribution is 2.10. The van der Waals surface area contributed by atoms with E-state index in [-0.39, 0.29) is 11.9 Å². The molecule has 110 valence electrons. The summed E-state index contributed by atoms with van der Waals surface area (Å²) in [6, 6.07) is 4.36. The first kappa shape index (κ1) is 14.9. The van der Waals surface area contributed by atoms with Gasteiger partial charge in [0.1, 0.15) is 6.04 Å². The summed E-state index contributed by atoms with van der Waals surface area (Å²) < 4.78 is 0. The summed E-state index contributed by atoms with van der Waals surface area (Å²) in [4.78, 5) is 16.0. The average molecular weight is 276 g/mol. The molecule has 2 rings (SSSR count). The molecule has 0 aliphatic carbocycles. The van der Waals surface area contributed by atoms with Gasteiger partial charge in [0.25, 0.3) is 0 Å². The molecule has 1 aliphatic heterocycles. The second-order valence-electron chi connectivity index (χ2n) is 5.31. The molecule has 1 amide bonds. The van der Waals surface area contributed by atoms with Crippen molar-refractivity contribution < 1.29 is 4.79 Å². The van der Waals surface area contributed by atoms with Gasteiger partial charge in [-0.1, -0.05) is 13.3 Å². The Kier molecular flexibility index (Phi) is 5.95. The third-order valence-corrected chi connectivity index (χ3v) is 3.63. The van der Waals surface area contributed by atoms with Crippen LogP contribution in [0.5, 0.6) is 0 Å². The molecular weight excluding hydrogens is 252 g/mol. The number of pyridine rings is 1. The Morgan fingerprint density at radius 2 is 2.20 bits per heavy atom. The molecule has 3 N–H and O–H groups in total. The number of hydrogen-bond donors (Lipinski definition) is 3. The lowest BCUT2D eigenvalue weighted by Crippen LogP contribution is -2.43. The van der Waals surface area contributed by atoms with Crippen molar-refractivity contribution in [2.24, 2.45) is 0 Å². The van der Waals surface area contributed by atoms with Crippen LogP contribution in [-0.2, 0) is 11.2 Å². The smallest absolute Gasteiger partial charge is 0.238 e. The van der Waals surface area contributed by atoms with Crippen LogP contribution >= 0.6 is 0 Å². The molecular formula is C15H24N4O. The van der Waals surface area contributed by atoms with E-state index < -0.39 is 0 Å². The van der Waals surface area contributed by atoms with Crippen LogP contribution in [0.2, 0.25) is 0 Å². The first-order valence-corrected chi connectivity index (χ1v) is 7.47. The molecule has 0 aromatic carbocycles. The van der Waals surface area contributed by atoms with Gasteiger partial charge >= 0.3 is 0 Å². The van der Waals surface area contributed by atoms with E-state index >= 15 is 0 Å². The lowest BCUT2D eigenvalue weighted by Gasteiger charge is -2.10. The molecule has 5 nitrogen and oxygen atoms in total. The Hall–Kier alpha value is -1.46. The lowest BCUT2D eigenvalue weighted by molar-refractivity contribution is -0.122. The van der Waals surface area contributed by atoms with Crippen molar-refractivity contribution in [2.45, 2.75) is 51.1 Å². The standard InChI is InChI=1S/C15H24N4O/c1-2-4-13-11-14(19-18-13)15(20)17-8-3-5-12-6-9-16-10-7-12/h6-7,9-10,13-14,18-19H,2-5,8,11H2,1H3,(H,17,20). The van der Waals surface area contributed by atoms with E-state index in [0.717, 1.165) is 38.6 Å². The van der Waals surface area contributed by atoms with Gasteiger partial charge in [-0.15, -0.1) is 0 Å². The molecule has 0 saturated carbocycles. The Labute approximate surface area is 120 Å². The molecule has 1 saturated heterocycles. The van der Waals surface area contributed by atoms with Crippen LogP contribution in [0.3, 0.4) is 0 Å². The normalized spacial score (nSPS) is 21.9. The number of hydrazine groups is 1. The molecule has 0 spiro atoms. The van der Waals surface area contributed by atoms with E-state index in [0.29, 0.717) is 6.04 Å². The van der Waals surface area contributed by atoms with Gasteiger partial charge in [0, 0.05) is 25.0 Å². The van der Waals surface area contributed by atoms with Crippen molar-refractivity contribution in [3.05, 3.63) is 30.1 Å². The fourth-order valence-electron chi connectivity index (χ4n) is 2.51. The van der Waals surface area contributed by atoms with Gasteiger partial charge in [0.2, 0.25) is 5.91 Å². The van der Waals surface area contributed by atoms with Crippen LogP contribution in [0.4, 0.5) is 0 Å². The molecule has 0 bridgehead atoms. The number of aryl methyl sites for hydroxylation is 1. The summed E-state index contributed by atoms with van der Waals surface area (Å²) in [6.45, 7) is 2.88. The predicted molar refractivity (Wildman–Crippen MR) is 78.9 cm³/mol. The van der Waals surface area contributed by atoms with E-state index in [1.54, 1.807) is 12.4 Å². The number of nitrogens with zero attached hydrogens (tertiary/aromatic N) is 1. The highest BCUT2D eigenvalue weighted by atomic mass is 16.2. The number of nitrogens with one attached hydrogen (secondary N) is 3. The van der Waals surface area contributed by atoms with Crippen LogP contribution in [0.1, 0.15) is 38.2 Å². The minimum Gasteiger partial charge on any atom is -0.355 e. The highest BCUT2D eigenvalue weighted by molar-refractivity contribution is 5.81. The molecule has 0 radical (unpaired) electrons. The highest BCUT2D eigenvalue weighted by Gasteiger charge is 2.28. The van der Waals surface area contributed by atoms with Crippen LogP contribution in [0.15, 0.2) is 24.5 Å². The van der Waals surface area contributed by atoms with E-state index in [4.69, 9.17) is 0 Å². The number of amides is 1. The van der Waals surface area contributed by atoms with E-state index in [9.17, 15) is 4.79 Å². The molecule has 1 aromatic heterocycles. The Morgan fingerprint density at radius 3 is 2.95 bits per heavy atom. The maximum atomic E-state index is 12.0. The number of aromatic nitrogens is 1. The van der Waals surface area contributed by atoms with Crippen molar-refractivity contribution >= 4 is 5.91 Å². The molecule has 20 heavy (non-hydrogen) atoms. The van der Waals surface area contributed by atoms with Gasteiger partial charge in [-0.05, 0) is 43.4 Å². The summed E-state index contributed by atoms with van der Waals surface area (Å²) in [5.41, 5.74) is 7.53. The van der Waals surface area contributed by atoms with Gasteiger partial charge in [-0.2, -0.15) is 0 Å². The van der Waals surface area contributed by atoms with Gasteiger partial charge in [-0.25, -0.2) is 5.43 Å². The molecule has 5 heteroatoms. The predicted octanol–water partition coefficient (Wildman–Crippen LogP) is 1.17. The maximum absolute atomic E-state index is 12.0. The Morgan fingerprint density at radius 1 is 1.40 bits per heavy atom. The number of carbonyl (C=O) groups excluding carboxylic acids is 1. The minimum absolute atomic E-state index is 0.0903. The molecule has 1 fully saturated rings. The monoisotopic (exact) mass is 276 g/mol. The zero-order valence-corrected chi connectivity index (χ0v) is 12.1. The molecule has 1 aromatic rings. The topological polar surface area (TPSA) is 66.0 Å². The second kappa shape index (κ2) is 7.97. The van der Waals surface area contributed by atoms with Gasteiger partial charge in [-0.3, -0.25) is 15.2 Å². The summed E-state index contributed by atoms with van der Waals surface area (Å²) in [5, 5.41) is 3.00. The number of hydrogen-bond acceptors (Lipinski definition) is 4. The second-order valence-corrected chi connectivity index (χ2v) is 5.31. The number of carbonyl (C=O) groups is 1. The van der Waals surface area contributed by atoms with E-state index in [2.05, 4.69) is 28.1 Å². The summed E-state index contributed by atoms with van der Waals surface area (Å²) >= 11 is 0. The van der Waals surface area contributed by atoms with Crippen LogP contribution in [0, 0.1) is 0 Å². The summed E-state index contributed by atoms with van der Waals surface area (Å²) in [7, 11) is 0. The molecule has 1 aliphatic rings. The Balaban J connectivity index is 1.61. The van der Waals surface area contributed by atoms with Gasteiger partial charge in [0.15, 0.2) is 0 Å². The van der Waals surface area contributed by atoms with Crippen molar-refractivity contribution in [1.29, 1.82) is 0 Å². The van der Waals surface area contributed by atoms with Crippen molar-refractivity contribution in [1.82, 2.24) is 21.2 Å². The van der Waals surface area contributed by atoms with Gasteiger partial charge < -0.3 is 5.32 Å². The van der Waals surface area contributed by atoms with Crippen LogP contribution in [0.25, 0.3) is 0 Å². The van der Waals surface area contributed by atoms with Crippen LogP contribution < -0.4 is 16.2 Å². The first-order chi connectivity index (χ1) is 9.79. The van der Waals surface area contributed by atoms with Crippen LogP contribution in [-0.4, -0.2) is 29.5 Å². The zero-order chi connectivity index (χ0) is 14.2.